The van der Waals surface area contributed by atoms with Crippen LogP contribution >= 0.6 is 0 Å². The Morgan fingerprint density at radius 2 is 2.00 bits per heavy atom. The van der Waals surface area contributed by atoms with Crippen LogP contribution in [0.2, 0.25) is 0 Å². The number of benzene rings is 1. The van der Waals surface area contributed by atoms with Gasteiger partial charge in [0.1, 0.15) is 0 Å². The molecule has 0 fully saturated rings. The minimum Gasteiger partial charge on any atom is -0.361 e. The number of ketones is 1. The molecule has 3 heteroatoms. The summed E-state index contributed by atoms with van der Waals surface area (Å²) in [5, 5.41) is 0. The first-order valence-electron chi connectivity index (χ1n) is 5.58. The van der Waals surface area contributed by atoms with Crippen molar-refractivity contribution in [1.29, 1.82) is 0 Å². The van der Waals surface area contributed by atoms with Gasteiger partial charge in [0, 0.05) is 5.56 Å². The number of aryl methyl sites for hydroxylation is 1. The Hall–Kier alpha value is -1.73. The van der Waals surface area contributed by atoms with Gasteiger partial charge in [-0.15, -0.1) is 0 Å². The normalized spacial score (nSPS) is 9.56. The molecule has 0 atom stereocenters. The van der Waals surface area contributed by atoms with Gasteiger partial charge in [0.25, 0.3) is 5.78 Å². The van der Waals surface area contributed by atoms with E-state index in [0.717, 1.165) is 12.6 Å². The van der Waals surface area contributed by atoms with Gasteiger partial charge in [-0.05, 0) is 18.4 Å². The Labute approximate surface area is 95.7 Å². The number of hydrogen-bond donors (Lipinski definition) is 0. The van der Waals surface area contributed by atoms with Crippen LogP contribution in [0, 0.1) is 0 Å². The topological polar surface area (TPSA) is 53.5 Å². The van der Waals surface area contributed by atoms with Crippen molar-refractivity contribution in [2.75, 3.05) is 0 Å². The zero-order valence-electron chi connectivity index (χ0n) is 9.52. The summed E-state index contributed by atoms with van der Waals surface area (Å²) in [6.07, 6.45) is 5.59. The fraction of sp³-hybridized carbons (Fsp3) is 0.385. The number of rotatable bonds is 6. The molecule has 0 amide bonds. The second-order valence-corrected chi connectivity index (χ2v) is 3.76. The molecule has 0 aromatic heterocycles. The van der Waals surface area contributed by atoms with Gasteiger partial charge < -0.3 is 5.53 Å². The van der Waals surface area contributed by atoms with Gasteiger partial charge in [-0.3, -0.25) is 4.79 Å². The first-order chi connectivity index (χ1) is 7.77. The number of hydrogen-bond acceptors (Lipinski definition) is 1. The lowest BCUT2D eigenvalue weighted by molar-refractivity contribution is 0.00235. The molecule has 84 valence electrons. The van der Waals surface area contributed by atoms with Gasteiger partial charge in [-0.25, -0.2) is 0 Å². The van der Waals surface area contributed by atoms with Crippen LogP contribution in [-0.4, -0.2) is 16.8 Å². The summed E-state index contributed by atoms with van der Waals surface area (Å²) < 4.78 is 0. The van der Waals surface area contributed by atoms with E-state index >= 15 is 0 Å². The molecule has 0 aliphatic carbocycles. The van der Waals surface area contributed by atoms with E-state index in [1.165, 1.54) is 24.8 Å². The van der Waals surface area contributed by atoms with Crippen molar-refractivity contribution in [3.05, 3.63) is 40.9 Å². The predicted octanol–water partition coefficient (Wildman–Crippen LogP) is 2.90. The monoisotopic (exact) mass is 216 g/mol. The van der Waals surface area contributed by atoms with Crippen LogP contribution in [0.25, 0.3) is 5.53 Å². The molecule has 0 unspecified atom stereocenters. The molecule has 0 saturated carbocycles. The summed E-state index contributed by atoms with van der Waals surface area (Å²) in [5.41, 5.74) is 10.0. The fourth-order valence-corrected chi connectivity index (χ4v) is 1.54. The molecule has 0 radical (unpaired) electrons. The lowest BCUT2D eigenvalue weighted by Gasteiger charge is -2.00. The van der Waals surface area contributed by atoms with Crippen molar-refractivity contribution in [1.82, 2.24) is 0 Å². The second kappa shape index (κ2) is 6.70. The zero-order valence-corrected chi connectivity index (χ0v) is 9.52. The Kier molecular flexibility index (Phi) is 5.17. The predicted molar refractivity (Wildman–Crippen MR) is 63.7 cm³/mol. The van der Waals surface area contributed by atoms with Gasteiger partial charge in [0.2, 0.25) is 0 Å². The van der Waals surface area contributed by atoms with Gasteiger partial charge in [0.05, 0.1) is 0 Å². The molecule has 0 bridgehead atoms. The van der Waals surface area contributed by atoms with E-state index < -0.39 is 0 Å². The molecule has 0 saturated heterocycles. The summed E-state index contributed by atoms with van der Waals surface area (Å²) in [4.78, 5) is 14.0. The van der Waals surface area contributed by atoms with Crippen LogP contribution in [-0.2, 0) is 6.42 Å². The Morgan fingerprint density at radius 3 is 2.56 bits per heavy atom. The third-order valence-electron chi connectivity index (χ3n) is 2.48. The summed E-state index contributed by atoms with van der Waals surface area (Å²) in [6, 6.07) is 7.44. The maximum absolute atomic E-state index is 11.3. The zero-order chi connectivity index (χ0) is 11.8. The number of Topliss-reactive ketones (excluding diaryl/α,β-unsaturated/α-hetero) is 1. The summed E-state index contributed by atoms with van der Waals surface area (Å²) in [5.74, 6) is -0.275. The van der Waals surface area contributed by atoms with Crippen molar-refractivity contribution >= 4 is 12.0 Å². The molecule has 0 aliphatic rings. The Bertz CT molecular complexity index is 389. The largest absolute Gasteiger partial charge is 0.361 e. The molecular weight excluding hydrogens is 200 g/mol. The molecule has 1 rings (SSSR count). The highest BCUT2D eigenvalue weighted by Crippen LogP contribution is 2.08. The number of nitrogens with zero attached hydrogens (tertiary/aromatic N) is 2. The van der Waals surface area contributed by atoms with Gasteiger partial charge in [0.15, 0.2) is 0 Å². The minimum absolute atomic E-state index is 0.275. The maximum Gasteiger partial charge on any atom is 0.328 e. The second-order valence-electron chi connectivity index (χ2n) is 3.76. The summed E-state index contributed by atoms with van der Waals surface area (Å²) in [7, 11) is 0. The molecule has 0 aliphatic heterocycles. The van der Waals surface area contributed by atoms with E-state index in [4.69, 9.17) is 5.53 Å². The average molecular weight is 216 g/mol. The van der Waals surface area contributed by atoms with E-state index in [1.54, 1.807) is 12.1 Å². The summed E-state index contributed by atoms with van der Waals surface area (Å²) in [6.45, 7) is 2.18. The van der Waals surface area contributed by atoms with Gasteiger partial charge >= 0.3 is 6.21 Å². The van der Waals surface area contributed by atoms with Crippen molar-refractivity contribution in [3.8, 4) is 0 Å². The molecule has 1 aromatic carbocycles. The molecule has 1 aromatic rings. The first kappa shape index (κ1) is 12.3. The van der Waals surface area contributed by atoms with Crippen LogP contribution in [0.5, 0.6) is 0 Å². The molecule has 0 N–H and O–H groups in total. The van der Waals surface area contributed by atoms with Crippen LogP contribution < -0.4 is 0 Å². The smallest absolute Gasteiger partial charge is 0.328 e. The van der Waals surface area contributed by atoms with E-state index in [0.29, 0.717) is 5.56 Å². The van der Waals surface area contributed by atoms with E-state index in [-0.39, 0.29) is 5.78 Å². The highest BCUT2D eigenvalue weighted by molar-refractivity contribution is 6.33. The van der Waals surface area contributed by atoms with Crippen molar-refractivity contribution in [3.63, 3.8) is 0 Å². The fourth-order valence-electron chi connectivity index (χ4n) is 1.54. The maximum atomic E-state index is 11.3. The number of carbonyl (C=O) groups is 1. The standard InChI is InChI=1S/C13H16N2O/c1-2-3-4-5-11-6-8-12(9-7-11)13(16)10-15-14/h6-10H,2-5H2,1H3. The molecule has 3 nitrogen and oxygen atoms in total. The van der Waals surface area contributed by atoms with E-state index in [1.807, 2.05) is 12.1 Å². The van der Waals surface area contributed by atoms with Crippen molar-refractivity contribution < 1.29 is 9.58 Å². The van der Waals surface area contributed by atoms with E-state index in [9.17, 15) is 4.79 Å². The van der Waals surface area contributed by atoms with Crippen LogP contribution in [0.15, 0.2) is 24.3 Å². The molecule has 16 heavy (non-hydrogen) atoms. The van der Waals surface area contributed by atoms with Gasteiger partial charge in [-0.2, -0.15) is 4.79 Å². The van der Waals surface area contributed by atoms with E-state index in [2.05, 4.69) is 11.7 Å². The first-order valence-corrected chi connectivity index (χ1v) is 5.58. The lowest BCUT2D eigenvalue weighted by atomic mass is 10.0. The quantitative estimate of drug-likeness (QED) is 0.237. The van der Waals surface area contributed by atoms with Gasteiger partial charge in [-0.1, -0.05) is 44.0 Å². The van der Waals surface area contributed by atoms with Crippen LogP contribution in [0.3, 0.4) is 0 Å². The third kappa shape index (κ3) is 3.79. The lowest BCUT2D eigenvalue weighted by Crippen LogP contribution is -2.00. The van der Waals surface area contributed by atoms with Crippen LogP contribution in [0.4, 0.5) is 0 Å². The third-order valence-corrected chi connectivity index (χ3v) is 2.48. The van der Waals surface area contributed by atoms with Crippen LogP contribution in [0.1, 0.15) is 42.1 Å². The number of unbranched alkanes of at least 4 members (excludes halogenated alkanes) is 2. The Morgan fingerprint density at radius 1 is 1.31 bits per heavy atom. The van der Waals surface area contributed by atoms with Crippen molar-refractivity contribution in [2.45, 2.75) is 32.6 Å². The molecule has 0 heterocycles. The summed E-state index contributed by atoms with van der Waals surface area (Å²) >= 11 is 0. The highest BCUT2D eigenvalue weighted by atomic mass is 16.1. The van der Waals surface area contributed by atoms with Crippen molar-refractivity contribution in [2.24, 2.45) is 0 Å². The molecular formula is C13H16N2O. The minimum atomic E-state index is -0.275. The highest BCUT2D eigenvalue weighted by Gasteiger charge is 2.05. The average Bonchev–Trinajstić information content (AvgIpc) is 2.30. The number of carbonyl (C=O) groups excluding carboxylic acids is 1. The molecule has 0 spiro atoms. The Balaban J connectivity index is 2.60. The SMILES string of the molecule is CCCCCc1ccc(C(=O)C=[N+]=[N-])cc1.